The molecule has 2 aromatic rings. The third kappa shape index (κ3) is 3.44. The number of H-pyrrole nitrogens is 2. The van der Waals surface area contributed by atoms with Crippen LogP contribution in [0.3, 0.4) is 0 Å². The summed E-state index contributed by atoms with van der Waals surface area (Å²) in [5.74, 6) is -0.0666. The van der Waals surface area contributed by atoms with Crippen molar-refractivity contribution in [3.8, 4) is 0 Å². The average molecular weight is 328 g/mol. The van der Waals surface area contributed by atoms with Gasteiger partial charge in [-0.2, -0.15) is 0 Å². The van der Waals surface area contributed by atoms with E-state index in [0.717, 1.165) is 0 Å². The van der Waals surface area contributed by atoms with Gasteiger partial charge in [0, 0.05) is 0 Å². The van der Waals surface area contributed by atoms with Crippen molar-refractivity contribution in [2.24, 2.45) is 0 Å². The molecule has 9 nitrogen and oxygen atoms in total. The van der Waals surface area contributed by atoms with Gasteiger partial charge in [0.15, 0.2) is 0 Å². The number of nitrogens with one attached hydrogen (secondary N) is 3. The topological polar surface area (TPSA) is 148 Å². The van der Waals surface area contributed by atoms with Gasteiger partial charge in [-0.05, 0) is 0 Å². The van der Waals surface area contributed by atoms with Gasteiger partial charge in [-0.3, -0.25) is 0 Å². The minimum atomic E-state index is -4.91. The Morgan fingerprint density at radius 3 is 2.26 bits per heavy atom. The van der Waals surface area contributed by atoms with Gasteiger partial charge < -0.3 is 0 Å². The third-order valence-electron chi connectivity index (χ3n) is 2.13. The van der Waals surface area contributed by atoms with Crippen molar-refractivity contribution in [1.29, 1.82) is 0 Å². The molecule has 0 amide bonds. The zero-order valence-electron chi connectivity index (χ0n) is 9.32. The first-order valence-electron chi connectivity index (χ1n) is 4.98. The van der Waals surface area contributed by atoms with Crippen LogP contribution < -0.4 is 21.0 Å². The van der Waals surface area contributed by atoms with E-state index in [0.29, 0.717) is 5.69 Å². The molecule has 0 unspecified atom stereocenters. The van der Waals surface area contributed by atoms with Crippen LogP contribution in [0.1, 0.15) is 0 Å². The number of anilines is 2. The summed E-state index contributed by atoms with van der Waals surface area (Å²) < 4.78 is 28.9. The quantitative estimate of drug-likeness (QED) is 0.400. The van der Waals surface area contributed by atoms with E-state index in [2.05, 4.69) is 15.3 Å². The Labute approximate surface area is 108 Å². The summed E-state index contributed by atoms with van der Waals surface area (Å²) >= 11 is -4.91. The molecule has 0 bridgehead atoms. The summed E-state index contributed by atoms with van der Waals surface area (Å²) in [4.78, 5) is 29.6. The number of benzene rings is 1. The van der Waals surface area contributed by atoms with Crippen LogP contribution in [0.15, 0.2) is 33.9 Å². The third-order valence-corrected chi connectivity index (χ3v) is 4.17. The molecule has 1 aromatic heterocycles. The SMILES string of the molecule is O=c1nc(Nc2ccc([As](=O)(O)O)cc2)[nH]c(=O)[nH]1. The number of aromatic amines is 2. The number of aromatic nitrogens is 3. The van der Waals surface area contributed by atoms with E-state index in [1.165, 1.54) is 24.3 Å². The van der Waals surface area contributed by atoms with Crippen molar-refractivity contribution in [3.63, 3.8) is 0 Å². The fourth-order valence-corrected chi connectivity index (χ4v) is 2.46. The van der Waals surface area contributed by atoms with Crippen LogP contribution in [0, 0.1) is 0 Å². The van der Waals surface area contributed by atoms with Gasteiger partial charge in [-0.25, -0.2) is 0 Å². The van der Waals surface area contributed by atoms with Crippen LogP contribution in [0.25, 0.3) is 0 Å². The predicted octanol–water partition coefficient (Wildman–Crippen LogP) is -2.24. The van der Waals surface area contributed by atoms with Crippen molar-refractivity contribution in [1.82, 2.24) is 15.0 Å². The summed E-state index contributed by atoms with van der Waals surface area (Å²) in [5, 5.41) is 2.63. The minimum absolute atomic E-state index is 0.0666. The fraction of sp³-hybridized carbons (Fsp3) is 0. The molecule has 0 fully saturated rings. The van der Waals surface area contributed by atoms with Gasteiger partial charge in [0.1, 0.15) is 0 Å². The monoisotopic (exact) mass is 328 g/mol. The molecule has 0 aliphatic rings. The van der Waals surface area contributed by atoms with E-state index in [9.17, 15) is 13.3 Å². The van der Waals surface area contributed by atoms with Crippen LogP contribution in [0.2, 0.25) is 0 Å². The molecule has 0 spiro atoms. The molecule has 10 heteroatoms. The zero-order valence-corrected chi connectivity index (χ0v) is 11.2. The molecule has 5 N–H and O–H groups in total. The summed E-state index contributed by atoms with van der Waals surface area (Å²) in [5.41, 5.74) is -1.10. The Bertz CT molecular complexity index is 716. The molecule has 0 atom stereocenters. The number of hydrogen-bond acceptors (Lipinski definition) is 5. The van der Waals surface area contributed by atoms with E-state index in [1.807, 2.05) is 4.98 Å². The maximum atomic E-state index is 11.0. The Balaban J connectivity index is 2.27. The van der Waals surface area contributed by atoms with Gasteiger partial charge in [0.05, 0.1) is 0 Å². The molecule has 2 rings (SSSR count). The first-order valence-corrected chi connectivity index (χ1v) is 8.37. The number of nitrogens with zero attached hydrogens (tertiary/aromatic N) is 1. The van der Waals surface area contributed by atoms with Crippen LogP contribution in [-0.4, -0.2) is 37.3 Å². The van der Waals surface area contributed by atoms with Crippen LogP contribution in [0.5, 0.6) is 0 Å². The van der Waals surface area contributed by atoms with Crippen molar-refractivity contribution >= 4 is 30.2 Å². The molecule has 0 aliphatic heterocycles. The first kappa shape index (κ1) is 13.3. The normalized spacial score (nSPS) is 11.3. The van der Waals surface area contributed by atoms with Crippen molar-refractivity contribution in [2.45, 2.75) is 0 Å². The van der Waals surface area contributed by atoms with E-state index in [-0.39, 0.29) is 10.3 Å². The Morgan fingerprint density at radius 2 is 1.74 bits per heavy atom. The standard InChI is InChI=1S/C9H9AsN4O5/c15-8-12-7(13-9(16)14-8)11-6-3-1-5(2-4-6)10(17,18)19/h1-4H,(H2,17,18,19)(H3,11,12,13,14,15,16). The first-order chi connectivity index (χ1) is 8.84. The van der Waals surface area contributed by atoms with Crippen LogP contribution in [-0.2, 0) is 3.74 Å². The molecule has 19 heavy (non-hydrogen) atoms. The molecule has 1 aromatic carbocycles. The zero-order chi connectivity index (χ0) is 14.0. The molecule has 100 valence electrons. The summed E-state index contributed by atoms with van der Waals surface area (Å²) in [6.45, 7) is 0. The molecule has 0 saturated carbocycles. The summed E-state index contributed by atoms with van der Waals surface area (Å²) in [7, 11) is 0. The second-order valence-corrected chi connectivity index (χ2v) is 6.93. The van der Waals surface area contributed by atoms with Gasteiger partial charge in [-0.1, -0.05) is 0 Å². The molecule has 0 saturated heterocycles. The van der Waals surface area contributed by atoms with Gasteiger partial charge >= 0.3 is 108 Å². The molecular weight excluding hydrogens is 319 g/mol. The van der Waals surface area contributed by atoms with Gasteiger partial charge in [0.2, 0.25) is 0 Å². The van der Waals surface area contributed by atoms with Crippen molar-refractivity contribution in [2.75, 3.05) is 5.32 Å². The average Bonchev–Trinajstić information content (AvgIpc) is 2.26. The number of hydrogen-bond donors (Lipinski definition) is 5. The van der Waals surface area contributed by atoms with Gasteiger partial charge in [-0.15, -0.1) is 0 Å². The Morgan fingerprint density at radius 1 is 1.11 bits per heavy atom. The maximum absolute atomic E-state index is 11.0. The second-order valence-electron chi connectivity index (χ2n) is 3.56. The van der Waals surface area contributed by atoms with Crippen LogP contribution in [0.4, 0.5) is 11.6 Å². The molecule has 0 aliphatic carbocycles. The fourth-order valence-electron chi connectivity index (χ4n) is 1.33. The summed E-state index contributed by atoms with van der Waals surface area (Å²) in [6.07, 6.45) is 0. The van der Waals surface area contributed by atoms with Crippen molar-refractivity contribution in [3.05, 3.63) is 45.2 Å². The van der Waals surface area contributed by atoms with E-state index >= 15 is 0 Å². The van der Waals surface area contributed by atoms with E-state index < -0.39 is 25.6 Å². The second kappa shape index (κ2) is 4.88. The van der Waals surface area contributed by atoms with E-state index in [4.69, 9.17) is 8.19 Å². The van der Waals surface area contributed by atoms with E-state index in [1.54, 1.807) is 0 Å². The van der Waals surface area contributed by atoms with Gasteiger partial charge in [0.25, 0.3) is 0 Å². The molecule has 0 radical (unpaired) electrons. The molecule has 1 heterocycles. The summed E-state index contributed by atoms with van der Waals surface area (Å²) in [6, 6.07) is 5.31. The predicted molar refractivity (Wildman–Crippen MR) is 65.7 cm³/mol. The van der Waals surface area contributed by atoms with Crippen LogP contribution >= 0.6 is 0 Å². The van der Waals surface area contributed by atoms with Crippen molar-refractivity contribution < 1.29 is 11.9 Å². The number of rotatable bonds is 3. The Kier molecular flexibility index (Phi) is 3.43. The Hall–Kier alpha value is -2.09. The molecular formula is C9H9AsN4O5.